The topological polar surface area (TPSA) is 24.5 Å². The molecule has 0 bridgehead atoms. The van der Waals surface area contributed by atoms with Crippen LogP contribution in [0.5, 0.6) is 0 Å². The molecule has 0 radical (unpaired) electrons. The van der Waals surface area contributed by atoms with Gasteiger partial charge in [-0.1, -0.05) is 18.2 Å². The van der Waals surface area contributed by atoms with Crippen molar-refractivity contribution < 1.29 is 4.74 Å². The molecule has 2 aliphatic heterocycles. The summed E-state index contributed by atoms with van der Waals surface area (Å²) in [5.74, 6) is 0. The Morgan fingerprint density at radius 1 is 1.24 bits per heavy atom. The fraction of sp³-hybridized carbons (Fsp3) is 0.667. The molecule has 3 heteroatoms. The van der Waals surface area contributed by atoms with Crippen LogP contribution >= 0.6 is 0 Å². The van der Waals surface area contributed by atoms with Gasteiger partial charge in [0, 0.05) is 38.0 Å². The van der Waals surface area contributed by atoms with Gasteiger partial charge in [-0.05, 0) is 51.2 Å². The Hall–Kier alpha value is -1.06. The molecule has 3 nitrogen and oxygen atoms in total. The fourth-order valence-corrected chi connectivity index (χ4v) is 3.59. The molecule has 1 N–H and O–H groups in total. The summed E-state index contributed by atoms with van der Waals surface area (Å²) in [4.78, 5) is 2.53. The number of anilines is 1. The van der Waals surface area contributed by atoms with Crippen LogP contribution in [0, 0.1) is 0 Å². The van der Waals surface area contributed by atoms with Gasteiger partial charge in [-0.2, -0.15) is 0 Å². The third-order valence-corrected chi connectivity index (χ3v) is 4.72. The van der Waals surface area contributed by atoms with E-state index >= 15 is 0 Å². The van der Waals surface area contributed by atoms with Gasteiger partial charge in [0.1, 0.15) is 0 Å². The maximum Gasteiger partial charge on any atom is 0.0641 e. The van der Waals surface area contributed by atoms with Gasteiger partial charge in [-0.25, -0.2) is 0 Å². The summed E-state index contributed by atoms with van der Waals surface area (Å²) in [6.07, 6.45) is 4.88. The molecule has 0 aliphatic carbocycles. The van der Waals surface area contributed by atoms with Gasteiger partial charge < -0.3 is 15.0 Å². The molecule has 21 heavy (non-hydrogen) atoms. The second-order valence-corrected chi connectivity index (χ2v) is 7.00. The SMILES string of the molecule is CC1(C)CC(NCc2ccccc2N2CCCC2)CCO1. The van der Waals surface area contributed by atoms with Crippen molar-refractivity contribution in [2.75, 3.05) is 24.6 Å². The third kappa shape index (κ3) is 3.78. The van der Waals surface area contributed by atoms with Crippen LogP contribution in [-0.4, -0.2) is 31.3 Å². The first-order valence-corrected chi connectivity index (χ1v) is 8.34. The minimum Gasteiger partial charge on any atom is -0.375 e. The van der Waals surface area contributed by atoms with E-state index < -0.39 is 0 Å². The highest BCUT2D eigenvalue weighted by molar-refractivity contribution is 5.54. The highest BCUT2D eigenvalue weighted by atomic mass is 16.5. The Morgan fingerprint density at radius 3 is 2.76 bits per heavy atom. The zero-order valence-electron chi connectivity index (χ0n) is 13.4. The molecule has 3 rings (SSSR count). The number of hydrogen-bond acceptors (Lipinski definition) is 3. The van der Waals surface area contributed by atoms with E-state index in [1.165, 1.54) is 37.2 Å². The number of para-hydroxylation sites is 1. The van der Waals surface area contributed by atoms with Crippen molar-refractivity contribution in [3.63, 3.8) is 0 Å². The van der Waals surface area contributed by atoms with Crippen molar-refractivity contribution >= 4 is 5.69 Å². The third-order valence-electron chi connectivity index (χ3n) is 4.72. The van der Waals surface area contributed by atoms with Crippen molar-refractivity contribution in [1.82, 2.24) is 5.32 Å². The lowest BCUT2D eigenvalue weighted by atomic mass is 9.94. The fourth-order valence-electron chi connectivity index (χ4n) is 3.59. The number of nitrogens with one attached hydrogen (secondary N) is 1. The highest BCUT2D eigenvalue weighted by Crippen LogP contribution is 2.27. The zero-order valence-corrected chi connectivity index (χ0v) is 13.4. The summed E-state index contributed by atoms with van der Waals surface area (Å²) in [6, 6.07) is 9.43. The van der Waals surface area contributed by atoms with Crippen LogP contribution in [0.25, 0.3) is 0 Å². The Bertz CT molecular complexity index is 466. The Balaban J connectivity index is 1.62. The van der Waals surface area contributed by atoms with Crippen LogP contribution in [0.4, 0.5) is 5.69 Å². The second kappa shape index (κ2) is 6.37. The van der Waals surface area contributed by atoms with Crippen LogP contribution in [0.1, 0.15) is 45.1 Å². The van der Waals surface area contributed by atoms with E-state index in [0.717, 1.165) is 26.0 Å². The minimum atomic E-state index is 0.0182. The first-order chi connectivity index (χ1) is 10.1. The number of hydrogen-bond donors (Lipinski definition) is 1. The average molecular weight is 288 g/mol. The van der Waals surface area contributed by atoms with Gasteiger partial charge in [-0.3, -0.25) is 0 Å². The summed E-state index contributed by atoms with van der Waals surface area (Å²) in [7, 11) is 0. The normalized spacial score (nSPS) is 25.2. The molecule has 0 aromatic heterocycles. The van der Waals surface area contributed by atoms with E-state index in [9.17, 15) is 0 Å². The molecule has 0 amide bonds. The predicted octanol–water partition coefficient (Wildman–Crippen LogP) is 3.33. The van der Waals surface area contributed by atoms with Gasteiger partial charge in [-0.15, -0.1) is 0 Å². The molecular weight excluding hydrogens is 260 g/mol. The maximum absolute atomic E-state index is 5.80. The van der Waals surface area contributed by atoms with Gasteiger partial charge in [0.25, 0.3) is 0 Å². The molecule has 1 atom stereocenters. The molecule has 0 spiro atoms. The van der Waals surface area contributed by atoms with E-state index in [1.807, 2.05) is 0 Å². The Morgan fingerprint density at radius 2 is 2.00 bits per heavy atom. The monoisotopic (exact) mass is 288 g/mol. The second-order valence-electron chi connectivity index (χ2n) is 7.00. The average Bonchev–Trinajstić information content (AvgIpc) is 2.98. The lowest BCUT2D eigenvalue weighted by molar-refractivity contribution is -0.0630. The van der Waals surface area contributed by atoms with E-state index in [4.69, 9.17) is 4.74 Å². The summed E-state index contributed by atoms with van der Waals surface area (Å²) >= 11 is 0. The molecule has 2 aliphatic rings. The van der Waals surface area contributed by atoms with E-state index in [0.29, 0.717) is 6.04 Å². The van der Waals surface area contributed by atoms with Crippen LogP contribution in [0.3, 0.4) is 0 Å². The highest BCUT2D eigenvalue weighted by Gasteiger charge is 2.28. The standard InChI is InChI=1S/C18H28N2O/c1-18(2)13-16(9-12-21-18)19-14-15-7-3-4-8-17(15)20-10-5-6-11-20/h3-4,7-8,16,19H,5-6,9-14H2,1-2H3. The van der Waals surface area contributed by atoms with Crippen molar-refractivity contribution in [3.8, 4) is 0 Å². The molecule has 1 aromatic carbocycles. The molecular formula is C18H28N2O. The molecule has 1 unspecified atom stereocenters. The minimum absolute atomic E-state index is 0.0182. The summed E-state index contributed by atoms with van der Waals surface area (Å²) in [5.41, 5.74) is 2.88. The van der Waals surface area contributed by atoms with Crippen LogP contribution in [0.15, 0.2) is 24.3 Å². The maximum atomic E-state index is 5.80. The number of benzene rings is 1. The smallest absolute Gasteiger partial charge is 0.0641 e. The van der Waals surface area contributed by atoms with Gasteiger partial charge in [0.2, 0.25) is 0 Å². The van der Waals surface area contributed by atoms with Crippen molar-refractivity contribution in [1.29, 1.82) is 0 Å². The van der Waals surface area contributed by atoms with Crippen molar-refractivity contribution in [2.24, 2.45) is 0 Å². The van der Waals surface area contributed by atoms with Crippen LogP contribution in [-0.2, 0) is 11.3 Å². The summed E-state index contributed by atoms with van der Waals surface area (Å²) < 4.78 is 5.80. The molecule has 2 saturated heterocycles. The van der Waals surface area contributed by atoms with Crippen LogP contribution in [0.2, 0.25) is 0 Å². The Kier molecular flexibility index (Phi) is 4.51. The predicted molar refractivity (Wildman–Crippen MR) is 87.8 cm³/mol. The zero-order chi connectivity index (χ0) is 14.7. The first-order valence-electron chi connectivity index (χ1n) is 8.34. The van der Waals surface area contributed by atoms with Crippen molar-refractivity contribution in [2.45, 2.75) is 57.7 Å². The molecule has 2 fully saturated rings. The van der Waals surface area contributed by atoms with Gasteiger partial charge in [0.15, 0.2) is 0 Å². The molecule has 0 saturated carbocycles. The molecule has 2 heterocycles. The van der Waals surface area contributed by atoms with Crippen molar-refractivity contribution in [3.05, 3.63) is 29.8 Å². The van der Waals surface area contributed by atoms with E-state index in [2.05, 4.69) is 48.3 Å². The summed E-state index contributed by atoms with van der Waals surface area (Å²) in [5, 5.41) is 3.75. The number of rotatable bonds is 4. The molecule has 1 aromatic rings. The van der Waals surface area contributed by atoms with Gasteiger partial charge in [0.05, 0.1) is 5.60 Å². The first kappa shape index (κ1) is 14.9. The lowest BCUT2D eigenvalue weighted by Crippen LogP contribution is -2.43. The number of nitrogens with zero attached hydrogens (tertiary/aromatic N) is 1. The Labute approximate surface area is 128 Å². The summed E-state index contributed by atoms with van der Waals surface area (Å²) in [6.45, 7) is 8.65. The van der Waals surface area contributed by atoms with Gasteiger partial charge >= 0.3 is 0 Å². The largest absolute Gasteiger partial charge is 0.375 e. The quantitative estimate of drug-likeness (QED) is 0.919. The van der Waals surface area contributed by atoms with E-state index in [1.54, 1.807) is 0 Å². The molecule has 116 valence electrons. The lowest BCUT2D eigenvalue weighted by Gasteiger charge is -2.36. The van der Waals surface area contributed by atoms with Crippen LogP contribution < -0.4 is 10.2 Å². The number of ether oxygens (including phenoxy) is 1. The van der Waals surface area contributed by atoms with E-state index in [-0.39, 0.29) is 5.60 Å².